The van der Waals surface area contributed by atoms with E-state index in [0.29, 0.717) is 17.7 Å². The molecule has 0 saturated heterocycles. The Morgan fingerprint density at radius 3 is 2.74 bits per heavy atom. The number of rotatable bonds is 12. The summed E-state index contributed by atoms with van der Waals surface area (Å²) in [6.45, 7) is 11.9. The van der Waals surface area contributed by atoms with E-state index in [1.807, 2.05) is 0 Å². The van der Waals surface area contributed by atoms with Crippen molar-refractivity contribution in [2.45, 2.75) is 109 Å². The highest BCUT2D eigenvalue weighted by atomic mass is 32.2. The maximum atomic E-state index is 11.6. The van der Waals surface area contributed by atoms with Crippen molar-refractivity contribution in [2.75, 3.05) is 6.54 Å². The van der Waals surface area contributed by atoms with Crippen LogP contribution < -0.4 is 10.6 Å². The summed E-state index contributed by atoms with van der Waals surface area (Å²) in [5.41, 5.74) is 8.26. The Hall–Kier alpha value is -1.17. The Morgan fingerprint density at radius 1 is 1.26 bits per heavy atom. The van der Waals surface area contributed by atoms with Crippen LogP contribution in [-0.4, -0.2) is 29.5 Å². The lowest BCUT2D eigenvalue weighted by Crippen LogP contribution is -2.30. The molecular weight excluding hydrogens is 456 g/mol. The van der Waals surface area contributed by atoms with E-state index < -0.39 is 0 Å². The first-order chi connectivity index (χ1) is 16.3. The molecule has 34 heavy (non-hydrogen) atoms. The molecule has 1 aliphatic heterocycles. The highest BCUT2D eigenvalue weighted by molar-refractivity contribution is 8.04. The van der Waals surface area contributed by atoms with Gasteiger partial charge in [-0.2, -0.15) is 12.6 Å². The van der Waals surface area contributed by atoms with Crippen molar-refractivity contribution < 1.29 is 4.79 Å². The molecule has 1 aliphatic carbocycles. The quantitative estimate of drug-likeness (QED) is 0.127. The number of allylic oxidation sites excluding steroid dienone is 3. The average molecular weight is 501 g/mol. The molecule has 4 atom stereocenters. The van der Waals surface area contributed by atoms with Crippen LogP contribution in [0, 0.1) is 6.92 Å². The van der Waals surface area contributed by atoms with E-state index in [9.17, 15) is 4.79 Å². The number of aldehydes is 1. The highest BCUT2D eigenvalue weighted by Gasteiger charge is 2.27. The van der Waals surface area contributed by atoms with E-state index in [-0.39, 0.29) is 10.6 Å². The van der Waals surface area contributed by atoms with Crippen LogP contribution >= 0.6 is 24.4 Å². The van der Waals surface area contributed by atoms with Crippen LogP contribution in [0.4, 0.5) is 0 Å². The number of carbonyl (C=O) groups is 1. The largest absolute Gasteiger partial charge is 0.369 e. The molecule has 0 amide bonds. The van der Waals surface area contributed by atoms with Gasteiger partial charge in [0.05, 0.1) is 11.1 Å². The minimum Gasteiger partial charge on any atom is -0.369 e. The van der Waals surface area contributed by atoms with Crippen molar-refractivity contribution in [3.05, 3.63) is 56.6 Å². The zero-order valence-electron chi connectivity index (χ0n) is 21.7. The molecule has 1 heterocycles. The van der Waals surface area contributed by atoms with Crippen molar-refractivity contribution >= 4 is 30.7 Å². The number of thioether (sulfide) groups is 1. The van der Waals surface area contributed by atoms with Crippen LogP contribution in [0.3, 0.4) is 0 Å². The number of hydrogen-bond donors (Lipinski definition) is 3. The van der Waals surface area contributed by atoms with Crippen LogP contribution in [0.5, 0.6) is 0 Å². The molecule has 0 bridgehead atoms. The molecule has 0 fully saturated rings. The number of unbranched alkanes of at least 4 members (excludes halogenated alkanes) is 2. The fourth-order valence-corrected chi connectivity index (χ4v) is 6.67. The molecule has 3 rings (SSSR count). The lowest BCUT2D eigenvalue weighted by atomic mass is 9.80. The minimum atomic E-state index is 0.158. The molecule has 1 aromatic carbocycles. The van der Waals surface area contributed by atoms with Crippen LogP contribution in [0.25, 0.3) is 0 Å². The lowest BCUT2D eigenvalue weighted by Gasteiger charge is -2.27. The minimum absolute atomic E-state index is 0.158. The van der Waals surface area contributed by atoms with E-state index in [1.54, 1.807) is 17.3 Å². The molecule has 4 unspecified atom stereocenters. The summed E-state index contributed by atoms with van der Waals surface area (Å²) in [7, 11) is 0. The molecule has 0 saturated carbocycles. The van der Waals surface area contributed by atoms with Gasteiger partial charge < -0.3 is 10.6 Å². The lowest BCUT2D eigenvalue weighted by molar-refractivity contribution is -0.105. The number of nitrogens with one attached hydrogen (secondary N) is 2. The second-order valence-corrected chi connectivity index (χ2v) is 12.4. The maximum Gasteiger partial charge on any atom is 0.166 e. The third-order valence-electron chi connectivity index (χ3n) is 7.10. The van der Waals surface area contributed by atoms with Gasteiger partial charge in [-0.25, -0.2) is 0 Å². The number of carbonyl (C=O) groups excluding carboxylic acids is 1. The summed E-state index contributed by atoms with van der Waals surface area (Å²) in [6, 6.07) is 5.27. The van der Waals surface area contributed by atoms with Crippen molar-refractivity contribution in [3.63, 3.8) is 0 Å². The Bertz CT molecular complexity index is 906. The van der Waals surface area contributed by atoms with Gasteiger partial charge in [0.25, 0.3) is 0 Å². The Kier molecular flexibility index (Phi) is 10.7. The second kappa shape index (κ2) is 13.2. The summed E-state index contributed by atoms with van der Waals surface area (Å²) in [4.78, 5) is 12.7. The van der Waals surface area contributed by atoms with Gasteiger partial charge in [-0.1, -0.05) is 50.5 Å². The van der Waals surface area contributed by atoms with Gasteiger partial charge in [-0.05, 0) is 81.5 Å². The first kappa shape index (κ1) is 27.4. The summed E-state index contributed by atoms with van der Waals surface area (Å²) < 4.78 is 0. The second-order valence-electron chi connectivity index (χ2n) is 10.3. The van der Waals surface area contributed by atoms with Gasteiger partial charge in [-0.3, -0.25) is 4.79 Å². The van der Waals surface area contributed by atoms with Crippen LogP contribution in [0.1, 0.15) is 94.4 Å². The molecule has 0 spiro atoms. The number of hydrogen-bond acceptors (Lipinski definition) is 5. The van der Waals surface area contributed by atoms with Crippen LogP contribution in [0.15, 0.2) is 34.4 Å². The van der Waals surface area contributed by atoms with E-state index in [1.165, 1.54) is 67.2 Å². The first-order valence-electron chi connectivity index (χ1n) is 13.1. The van der Waals surface area contributed by atoms with Crippen molar-refractivity contribution in [1.82, 2.24) is 10.6 Å². The van der Waals surface area contributed by atoms with Crippen molar-refractivity contribution in [3.8, 4) is 0 Å². The zero-order chi connectivity index (χ0) is 24.7. The molecule has 188 valence electrons. The van der Waals surface area contributed by atoms with E-state index in [4.69, 9.17) is 0 Å². The monoisotopic (exact) mass is 500 g/mol. The number of benzene rings is 1. The first-order valence-corrected chi connectivity index (χ1v) is 14.5. The predicted octanol–water partition coefficient (Wildman–Crippen LogP) is 6.85. The summed E-state index contributed by atoms with van der Waals surface area (Å²) >= 11 is 6.29. The number of aryl methyl sites for hydroxylation is 2. The molecule has 0 radical (unpaired) electrons. The summed E-state index contributed by atoms with van der Waals surface area (Å²) in [5, 5.41) is 7.36. The Morgan fingerprint density at radius 2 is 2.06 bits per heavy atom. The zero-order valence-corrected chi connectivity index (χ0v) is 23.5. The highest BCUT2D eigenvalue weighted by Crippen LogP contribution is 2.36. The van der Waals surface area contributed by atoms with E-state index in [2.05, 4.69) is 76.1 Å². The predicted molar refractivity (Wildman–Crippen MR) is 152 cm³/mol. The smallest absolute Gasteiger partial charge is 0.166 e. The van der Waals surface area contributed by atoms with Gasteiger partial charge in [0.15, 0.2) is 6.29 Å². The van der Waals surface area contributed by atoms with Gasteiger partial charge in [0.1, 0.15) is 0 Å². The summed E-state index contributed by atoms with van der Waals surface area (Å²) in [6.07, 6.45) is 13.2. The fourth-order valence-electron chi connectivity index (χ4n) is 5.32. The molecule has 5 heteroatoms. The molecular formula is C29H44N2OS2. The van der Waals surface area contributed by atoms with Gasteiger partial charge in [0.2, 0.25) is 0 Å². The van der Waals surface area contributed by atoms with E-state index >= 15 is 0 Å². The van der Waals surface area contributed by atoms with Crippen LogP contribution in [0.2, 0.25) is 0 Å². The fraction of sp³-hybridized carbons (Fsp3) is 0.621. The number of thiol groups is 1. The van der Waals surface area contributed by atoms with Gasteiger partial charge >= 0.3 is 0 Å². The van der Waals surface area contributed by atoms with E-state index in [0.717, 1.165) is 24.2 Å². The third kappa shape index (κ3) is 7.41. The molecule has 2 N–H and O–H groups in total. The normalized spacial score (nSPS) is 22.4. The average Bonchev–Trinajstić information content (AvgIpc) is 3.21. The van der Waals surface area contributed by atoms with Gasteiger partial charge in [0, 0.05) is 28.7 Å². The standard InChI is InChI=1S/C29H44N2OS2/c1-6-7-8-11-23-14-20(3)28(24-12-9-10-19(2)13-24)25(16-23)15-21(4)30-17-27-26(18-32)31-29(34-27)22(5)33/h13-14,16,18,21-22,24,29-31,33H,6-12,15,17H2,1-5H3. The van der Waals surface area contributed by atoms with Crippen LogP contribution in [-0.2, 0) is 17.6 Å². The Balaban J connectivity index is 1.76. The molecule has 3 nitrogen and oxygen atoms in total. The topological polar surface area (TPSA) is 41.1 Å². The SMILES string of the molecule is CCCCCc1cc(C)c(C2C=C(C)CCC2)c(CC(C)NCC2=C(C=O)NC(C(C)S)S2)c1. The summed E-state index contributed by atoms with van der Waals surface area (Å²) in [5.74, 6) is 0.539. The molecule has 0 aromatic heterocycles. The Labute approximate surface area is 217 Å². The molecule has 1 aromatic rings. The maximum absolute atomic E-state index is 11.6. The van der Waals surface area contributed by atoms with Crippen molar-refractivity contribution in [2.24, 2.45) is 0 Å². The third-order valence-corrected chi connectivity index (χ3v) is 9.03. The molecule has 2 aliphatic rings. The van der Waals surface area contributed by atoms with Gasteiger partial charge in [-0.15, -0.1) is 11.8 Å². The van der Waals surface area contributed by atoms with Crippen molar-refractivity contribution in [1.29, 1.82) is 0 Å².